The Labute approximate surface area is 108 Å². The molecule has 1 aromatic rings. The van der Waals surface area contributed by atoms with Gasteiger partial charge < -0.3 is 0 Å². The summed E-state index contributed by atoms with van der Waals surface area (Å²) in [7, 11) is -3.39. The van der Waals surface area contributed by atoms with Crippen LogP contribution in [0.1, 0.15) is 6.92 Å². The predicted octanol–water partition coefficient (Wildman–Crippen LogP) is 0.298. The number of nitrogens with two attached hydrogens (primary N) is 1. The summed E-state index contributed by atoms with van der Waals surface area (Å²) in [4.78, 5) is 2.44. The monoisotopic (exact) mass is 269 g/mol. The number of hydrazine groups is 1. The molecule has 1 aliphatic rings. The maximum Gasteiger partial charge on any atom is 0.196 e. The molecule has 0 aliphatic carbocycles. The quantitative estimate of drug-likeness (QED) is 0.799. The zero-order valence-electron chi connectivity index (χ0n) is 10.5. The van der Waals surface area contributed by atoms with E-state index in [-0.39, 0.29) is 0 Å². The molecule has 1 unspecified atom stereocenters. The molecule has 0 spiro atoms. The number of hydrogen-bond donors (Lipinski definition) is 1. The van der Waals surface area contributed by atoms with Gasteiger partial charge in [-0.2, -0.15) is 0 Å². The van der Waals surface area contributed by atoms with E-state index in [4.69, 9.17) is 5.84 Å². The summed E-state index contributed by atoms with van der Waals surface area (Å²) in [6.45, 7) is 4.72. The van der Waals surface area contributed by atoms with Crippen molar-refractivity contribution in [3.63, 3.8) is 0 Å². The summed E-state index contributed by atoms with van der Waals surface area (Å²) in [6, 6.07) is 8.50. The molecule has 0 saturated carbocycles. The standard InChI is InChI=1S/C12H19N3O2S/c1-2-14-8-9-15(13)12(10-14)18(16,17)11-6-4-3-5-7-11/h3-7,12H,2,8-10,13H2,1H3. The maximum absolute atomic E-state index is 12.5. The lowest BCUT2D eigenvalue weighted by atomic mass is 10.3. The van der Waals surface area contributed by atoms with Crippen LogP contribution in [0.2, 0.25) is 0 Å². The first-order valence-electron chi connectivity index (χ1n) is 6.08. The average Bonchev–Trinajstić information content (AvgIpc) is 2.40. The molecule has 1 aliphatic heterocycles. The molecule has 1 atom stereocenters. The fourth-order valence-corrected chi connectivity index (χ4v) is 3.87. The Morgan fingerprint density at radius 3 is 2.56 bits per heavy atom. The third kappa shape index (κ3) is 2.56. The van der Waals surface area contributed by atoms with Gasteiger partial charge in [-0.05, 0) is 18.7 Å². The molecule has 1 fully saturated rings. The van der Waals surface area contributed by atoms with Crippen molar-refractivity contribution in [3.8, 4) is 0 Å². The summed E-state index contributed by atoms with van der Waals surface area (Å²) >= 11 is 0. The van der Waals surface area contributed by atoms with Gasteiger partial charge in [0.05, 0.1) is 4.90 Å². The summed E-state index contributed by atoms with van der Waals surface area (Å²) in [5.41, 5.74) is 0. The predicted molar refractivity (Wildman–Crippen MR) is 70.4 cm³/mol. The van der Waals surface area contributed by atoms with Gasteiger partial charge in [0.1, 0.15) is 5.37 Å². The van der Waals surface area contributed by atoms with E-state index in [1.807, 2.05) is 6.92 Å². The number of likely N-dealkylation sites (N-methyl/N-ethyl adjacent to an activating group) is 1. The van der Waals surface area contributed by atoms with Crippen LogP contribution in [-0.4, -0.2) is 49.9 Å². The second-order valence-electron chi connectivity index (χ2n) is 4.44. The Hall–Kier alpha value is -0.950. The molecule has 2 N–H and O–H groups in total. The van der Waals surface area contributed by atoms with Gasteiger partial charge in [0.25, 0.3) is 0 Å². The fraction of sp³-hybridized carbons (Fsp3) is 0.500. The summed E-state index contributed by atoms with van der Waals surface area (Å²) in [6.07, 6.45) is 0. The van der Waals surface area contributed by atoms with Gasteiger partial charge in [-0.15, -0.1) is 0 Å². The highest BCUT2D eigenvalue weighted by molar-refractivity contribution is 7.92. The number of piperazine rings is 1. The Morgan fingerprint density at radius 2 is 1.94 bits per heavy atom. The van der Waals surface area contributed by atoms with E-state index in [0.29, 0.717) is 18.0 Å². The highest BCUT2D eigenvalue weighted by Gasteiger charge is 2.35. The smallest absolute Gasteiger partial charge is 0.196 e. The van der Waals surface area contributed by atoms with Crippen molar-refractivity contribution >= 4 is 9.84 Å². The lowest BCUT2D eigenvalue weighted by Crippen LogP contribution is -2.58. The second-order valence-corrected chi connectivity index (χ2v) is 6.55. The van der Waals surface area contributed by atoms with Gasteiger partial charge in [0, 0.05) is 19.6 Å². The Morgan fingerprint density at radius 1 is 1.28 bits per heavy atom. The van der Waals surface area contributed by atoms with Crippen molar-refractivity contribution in [2.24, 2.45) is 5.84 Å². The minimum Gasteiger partial charge on any atom is -0.300 e. The molecule has 1 saturated heterocycles. The van der Waals surface area contributed by atoms with E-state index in [1.165, 1.54) is 5.01 Å². The third-order valence-electron chi connectivity index (χ3n) is 3.34. The SMILES string of the molecule is CCN1CCN(N)C(S(=O)(=O)c2ccccc2)C1. The first kappa shape index (κ1) is 13.5. The minimum atomic E-state index is -3.39. The van der Waals surface area contributed by atoms with Crippen molar-refractivity contribution < 1.29 is 8.42 Å². The number of benzene rings is 1. The van der Waals surface area contributed by atoms with Crippen LogP contribution < -0.4 is 5.84 Å². The molecule has 1 heterocycles. The highest BCUT2D eigenvalue weighted by atomic mass is 32.2. The van der Waals surface area contributed by atoms with Crippen molar-refractivity contribution in [1.82, 2.24) is 9.91 Å². The Bertz CT molecular complexity index is 489. The lowest BCUT2D eigenvalue weighted by Gasteiger charge is -2.37. The first-order chi connectivity index (χ1) is 8.55. The average molecular weight is 269 g/mol. The third-order valence-corrected chi connectivity index (χ3v) is 5.40. The topological polar surface area (TPSA) is 66.6 Å². The second kappa shape index (κ2) is 5.36. The van der Waals surface area contributed by atoms with Crippen LogP contribution in [0, 0.1) is 0 Å². The number of nitrogens with zero attached hydrogens (tertiary/aromatic N) is 2. The van der Waals surface area contributed by atoms with Crippen LogP contribution in [0.4, 0.5) is 0 Å². The Balaban J connectivity index is 2.29. The first-order valence-corrected chi connectivity index (χ1v) is 7.63. The van der Waals surface area contributed by atoms with E-state index >= 15 is 0 Å². The van der Waals surface area contributed by atoms with E-state index < -0.39 is 15.2 Å². The van der Waals surface area contributed by atoms with Crippen molar-refractivity contribution in [1.29, 1.82) is 0 Å². The molecule has 0 aromatic heterocycles. The van der Waals surface area contributed by atoms with Crippen LogP contribution >= 0.6 is 0 Å². The van der Waals surface area contributed by atoms with Gasteiger partial charge in [-0.25, -0.2) is 13.4 Å². The molecule has 6 heteroatoms. The van der Waals surface area contributed by atoms with Crippen LogP contribution in [-0.2, 0) is 9.84 Å². The molecule has 2 rings (SSSR count). The zero-order chi connectivity index (χ0) is 13.2. The highest BCUT2D eigenvalue weighted by Crippen LogP contribution is 2.20. The molecule has 5 nitrogen and oxygen atoms in total. The molecule has 0 amide bonds. The molecular formula is C12H19N3O2S. The zero-order valence-corrected chi connectivity index (χ0v) is 11.3. The number of rotatable bonds is 3. The number of hydrogen-bond acceptors (Lipinski definition) is 5. The van der Waals surface area contributed by atoms with E-state index in [9.17, 15) is 8.42 Å². The summed E-state index contributed by atoms with van der Waals surface area (Å²) in [5.74, 6) is 5.85. The van der Waals surface area contributed by atoms with E-state index in [2.05, 4.69) is 4.90 Å². The lowest BCUT2D eigenvalue weighted by molar-refractivity contribution is 0.116. The largest absolute Gasteiger partial charge is 0.300 e. The molecular weight excluding hydrogens is 250 g/mol. The fourth-order valence-electron chi connectivity index (χ4n) is 2.15. The van der Waals surface area contributed by atoms with Gasteiger partial charge >= 0.3 is 0 Å². The van der Waals surface area contributed by atoms with Gasteiger partial charge in [-0.3, -0.25) is 10.7 Å². The van der Waals surface area contributed by atoms with Crippen molar-refractivity contribution in [2.75, 3.05) is 26.2 Å². The van der Waals surface area contributed by atoms with Crippen molar-refractivity contribution in [2.45, 2.75) is 17.2 Å². The minimum absolute atomic E-state index is 0.336. The molecule has 0 radical (unpaired) electrons. The maximum atomic E-state index is 12.5. The number of sulfone groups is 1. The molecule has 18 heavy (non-hydrogen) atoms. The van der Waals surface area contributed by atoms with Crippen LogP contribution in [0.3, 0.4) is 0 Å². The van der Waals surface area contributed by atoms with E-state index in [1.54, 1.807) is 30.3 Å². The van der Waals surface area contributed by atoms with Crippen LogP contribution in [0.25, 0.3) is 0 Å². The van der Waals surface area contributed by atoms with Crippen LogP contribution in [0.5, 0.6) is 0 Å². The molecule has 1 aromatic carbocycles. The van der Waals surface area contributed by atoms with Crippen molar-refractivity contribution in [3.05, 3.63) is 30.3 Å². The molecule has 0 bridgehead atoms. The van der Waals surface area contributed by atoms with Gasteiger partial charge in [-0.1, -0.05) is 25.1 Å². The summed E-state index contributed by atoms with van der Waals surface area (Å²) < 4.78 is 25.0. The van der Waals surface area contributed by atoms with Gasteiger partial charge in [0.2, 0.25) is 0 Å². The normalized spacial score (nSPS) is 23.1. The molecule has 100 valence electrons. The van der Waals surface area contributed by atoms with Gasteiger partial charge in [0.15, 0.2) is 9.84 Å². The summed E-state index contributed by atoms with van der Waals surface area (Å²) in [5, 5.41) is 0.780. The van der Waals surface area contributed by atoms with Crippen LogP contribution in [0.15, 0.2) is 35.2 Å². The van der Waals surface area contributed by atoms with E-state index in [0.717, 1.165) is 13.1 Å². The Kier molecular flexibility index (Phi) is 4.01.